The van der Waals surface area contributed by atoms with Gasteiger partial charge in [-0.3, -0.25) is 14.4 Å². The Morgan fingerprint density at radius 1 is 0.647 bits per heavy atom. The molecule has 0 radical (unpaired) electrons. The highest BCUT2D eigenvalue weighted by Crippen LogP contribution is 2.30. The molecule has 4 rings (SSSR count). The highest BCUT2D eigenvalue weighted by atomic mass is 32.1. The summed E-state index contributed by atoms with van der Waals surface area (Å²) in [5, 5.41) is 0.181. The predicted molar refractivity (Wildman–Crippen MR) is 113 cm³/mol. The van der Waals surface area contributed by atoms with Crippen molar-refractivity contribution in [2.75, 3.05) is 0 Å². The molecule has 0 N–H and O–H groups in total. The first-order valence-electron chi connectivity index (χ1n) is 9.01. The number of rotatable bonds is 4. The third-order valence-electron chi connectivity index (χ3n) is 4.36. The fourth-order valence-electron chi connectivity index (χ4n) is 3.06. The van der Waals surface area contributed by atoms with E-state index in [1.165, 1.54) is 12.1 Å². The van der Waals surface area contributed by atoms with Crippen molar-refractivity contribution in [1.29, 1.82) is 0 Å². The zero-order valence-corrected chi connectivity index (χ0v) is 17.9. The van der Waals surface area contributed by atoms with E-state index >= 15 is 0 Å². The minimum atomic E-state index is -4.95. The second kappa shape index (κ2) is 8.40. The maximum Gasteiger partial charge on any atom is 0.573 e. The van der Waals surface area contributed by atoms with E-state index in [1.807, 2.05) is 0 Å². The van der Waals surface area contributed by atoms with Crippen molar-refractivity contribution in [1.82, 2.24) is 0 Å². The van der Waals surface area contributed by atoms with Gasteiger partial charge in [-0.2, -0.15) is 0 Å². The number of hydrogen-bond acceptors (Lipinski definition) is 7. The second-order valence-corrected chi connectivity index (χ2v) is 8.75. The summed E-state index contributed by atoms with van der Waals surface area (Å²) in [6, 6.07) is 8.50. The van der Waals surface area contributed by atoms with Gasteiger partial charge in [-0.15, -0.1) is 26.3 Å². The van der Waals surface area contributed by atoms with Crippen LogP contribution < -0.4 is 19.0 Å². The molecular formula is C21H8F6O5S2. The van der Waals surface area contributed by atoms with E-state index in [2.05, 4.69) is 9.47 Å². The van der Waals surface area contributed by atoms with E-state index in [-0.39, 0.29) is 20.2 Å². The molecule has 13 heteroatoms. The molecule has 4 aromatic rings. The van der Waals surface area contributed by atoms with E-state index in [9.17, 15) is 40.7 Å². The first kappa shape index (κ1) is 23.7. The van der Waals surface area contributed by atoms with Crippen molar-refractivity contribution in [3.63, 3.8) is 0 Å². The van der Waals surface area contributed by atoms with Gasteiger partial charge in [-0.1, -0.05) is 22.7 Å². The Labute approximate surface area is 192 Å². The standard InChI is InChI=1S/C21H8F6O5S2/c22-20(23,24)31-11-1-3-15-9(5-11)7-13(18(29)33-15)17(28)14-8-10-6-12(32-21(25,26)27)2-4-16(10)34-19(14)30/h1-8H. The van der Waals surface area contributed by atoms with Crippen molar-refractivity contribution >= 4 is 48.6 Å². The zero-order valence-electron chi connectivity index (χ0n) is 16.2. The van der Waals surface area contributed by atoms with Crippen LogP contribution in [0.5, 0.6) is 11.5 Å². The summed E-state index contributed by atoms with van der Waals surface area (Å²) in [4.78, 5) is 38.0. The van der Waals surface area contributed by atoms with Gasteiger partial charge in [0.1, 0.15) is 11.5 Å². The molecule has 34 heavy (non-hydrogen) atoms. The van der Waals surface area contributed by atoms with Crippen molar-refractivity contribution in [2.24, 2.45) is 0 Å². The lowest BCUT2D eigenvalue weighted by Crippen LogP contribution is -2.19. The molecule has 0 aliphatic heterocycles. The van der Waals surface area contributed by atoms with E-state index in [0.29, 0.717) is 22.7 Å². The van der Waals surface area contributed by atoms with Crippen LogP contribution in [0.15, 0.2) is 58.1 Å². The Hall–Kier alpha value is -3.45. The van der Waals surface area contributed by atoms with Gasteiger partial charge in [-0.05, 0) is 59.3 Å². The van der Waals surface area contributed by atoms with Gasteiger partial charge >= 0.3 is 12.7 Å². The molecule has 2 aromatic carbocycles. The Morgan fingerprint density at radius 3 is 1.38 bits per heavy atom. The number of alkyl halides is 6. The summed E-state index contributed by atoms with van der Waals surface area (Å²) < 4.78 is 81.7. The summed E-state index contributed by atoms with van der Waals surface area (Å²) >= 11 is 1.16. The Kier molecular flexibility index (Phi) is 5.85. The molecule has 0 unspecified atom stereocenters. The lowest BCUT2D eigenvalue weighted by Gasteiger charge is -2.10. The maximum absolute atomic E-state index is 13.0. The van der Waals surface area contributed by atoms with Gasteiger partial charge in [0.2, 0.25) is 15.3 Å². The van der Waals surface area contributed by atoms with E-state index in [1.54, 1.807) is 0 Å². The molecule has 176 valence electrons. The minimum absolute atomic E-state index is 0.0903. The van der Waals surface area contributed by atoms with Gasteiger partial charge in [-0.25, -0.2) is 0 Å². The predicted octanol–water partition coefficient (Wildman–Crippen LogP) is 5.86. The van der Waals surface area contributed by atoms with E-state index in [0.717, 1.165) is 36.4 Å². The Morgan fingerprint density at radius 2 is 1.03 bits per heavy atom. The summed E-state index contributed by atoms with van der Waals surface area (Å²) in [6.07, 6.45) is -9.90. The maximum atomic E-state index is 13.0. The Bertz CT molecular complexity index is 1440. The number of halogens is 6. The summed E-state index contributed by atoms with van der Waals surface area (Å²) in [7, 11) is 0. The van der Waals surface area contributed by atoms with Crippen molar-refractivity contribution < 1.29 is 40.6 Å². The molecule has 0 atom stereocenters. The molecule has 0 spiro atoms. The van der Waals surface area contributed by atoms with Gasteiger partial charge < -0.3 is 9.47 Å². The van der Waals surface area contributed by atoms with Gasteiger partial charge in [0.15, 0.2) is 0 Å². The molecule has 0 aliphatic carbocycles. The number of carbonyl (C=O) groups is 1. The number of ketones is 1. The van der Waals surface area contributed by atoms with Gasteiger partial charge in [0, 0.05) is 9.40 Å². The quantitative estimate of drug-likeness (QED) is 0.250. The fourth-order valence-corrected chi connectivity index (χ4v) is 4.73. The van der Waals surface area contributed by atoms with Crippen molar-refractivity contribution in [2.45, 2.75) is 12.7 Å². The fraction of sp³-hybridized carbons (Fsp3) is 0.0952. The lowest BCUT2D eigenvalue weighted by molar-refractivity contribution is -0.275. The van der Waals surface area contributed by atoms with E-state index < -0.39 is 50.6 Å². The average Bonchev–Trinajstić information content (AvgIpc) is 2.70. The molecule has 2 aromatic heterocycles. The number of benzene rings is 2. The van der Waals surface area contributed by atoms with Gasteiger partial charge in [0.25, 0.3) is 0 Å². The van der Waals surface area contributed by atoms with Gasteiger partial charge in [0.05, 0.1) is 11.1 Å². The summed E-state index contributed by atoms with van der Waals surface area (Å²) in [6.45, 7) is 0. The van der Waals surface area contributed by atoms with Crippen LogP contribution in [0.3, 0.4) is 0 Å². The summed E-state index contributed by atoms with van der Waals surface area (Å²) in [5.41, 5.74) is -0.957. The molecule has 2 heterocycles. The topological polar surface area (TPSA) is 69.7 Å². The molecule has 0 bridgehead atoms. The molecule has 0 amide bonds. The number of carbonyl (C=O) groups excluding carboxylic acids is 1. The molecule has 5 nitrogen and oxygen atoms in total. The number of fused-ring (bicyclic) bond motifs is 2. The normalized spacial score (nSPS) is 12.2. The average molecular weight is 518 g/mol. The van der Waals surface area contributed by atoms with Crippen LogP contribution in [0.4, 0.5) is 26.3 Å². The van der Waals surface area contributed by atoms with Crippen molar-refractivity contribution in [3.8, 4) is 11.5 Å². The second-order valence-electron chi connectivity index (χ2n) is 6.72. The first-order chi connectivity index (χ1) is 15.8. The van der Waals surface area contributed by atoms with E-state index in [4.69, 9.17) is 0 Å². The number of ether oxygens (including phenoxy) is 2. The van der Waals surface area contributed by atoms with Crippen LogP contribution in [0.1, 0.15) is 15.9 Å². The SMILES string of the molecule is O=C(c1cc2cc(OC(F)(F)F)ccc2sc1=O)c1cc2cc(OC(F)(F)F)ccc2sc1=O. The van der Waals surface area contributed by atoms with Crippen LogP contribution in [0, 0.1) is 0 Å². The zero-order chi connectivity index (χ0) is 24.8. The first-order valence-corrected chi connectivity index (χ1v) is 10.6. The largest absolute Gasteiger partial charge is 0.573 e. The minimum Gasteiger partial charge on any atom is -0.406 e. The van der Waals surface area contributed by atoms with Crippen LogP contribution in [-0.4, -0.2) is 18.5 Å². The van der Waals surface area contributed by atoms with Crippen LogP contribution >= 0.6 is 22.7 Å². The molecule has 0 fully saturated rings. The lowest BCUT2D eigenvalue weighted by atomic mass is 10.1. The summed E-state index contributed by atoms with van der Waals surface area (Å²) in [5.74, 6) is -2.16. The highest BCUT2D eigenvalue weighted by Gasteiger charge is 2.32. The molecule has 0 saturated carbocycles. The smallest absolute Gasteiger partial charge is 0.406 e. The third-order valence-corrected chi connectivity index (χ3v) is 6.36. The van der Waals surface area contributed by atoms with Crippen molar-refractivity contribution in [3.05, 3.63) is 78.7 Å². The Balaban J connectivity index is 1.79. The van der Waals surface area contributed by atoms with Crippen LogP contribution in [-0.2, 0) is 0 Å². The third kappa shape index (κ3) is 5.20. The van der Waals surface area contributed by atoms with Crippen LogP contribution in [0.2, 0.25) is 0 Å². The monoisotopic (exact) mass is 518 g/mol. The molecular weight excluding hydrogens is 510 g/mol. The molecule has 0 saturated heterocycles. The van der Waals surface area contributed by atoms with Crippen LogP contribution in [0.25, 0.3) is 20.2 Å². The molecule has 0 aliphatic rings. The highest BCUT2D eigenvalue weighted by molar-refractivity contribution is 7.17. The number of hydrogen-bond donors (Lipinski definition) is 0.